The number of carbonyl (C=O) groups excluding carboxylic acids is 1. The lowest BCUT2D eigenvalue weighted by molar-refractivity contribution is -0.117. The number of benzene rings is 1. The van der Waals surface area contributed by atoms with Crippen LogP contribution < -0.4 is 10.2 Å². The van der Waals surface area contributed by atoms with Crippen LogP contribution in [0.25, 0.3) is 0 Å². The smallest absolute Gasteiger partial charge is 0.231 e. The zero-order chi connectivity index (χ0) is 15.0. The van der Waals surface area contributed by atoms with Gasteiger partial charge in [0.25, 0.3) is 0 Å². The summed E-state index contributed by atoms with van der Waals surface area (Å²) in [4.78, 5) is 13.6. The average molecular weight is 286 g/mol. The SMILES string of the molecule is CNC(c1ccc2c(c1)CC(=O)N2C)C1CCC(C)CC1. The maximum absolute atomic E-state index is 11.8. The molecule has 3 rings (SSSR count). The number of rotatable bonds is 3. The van der Waals surface area contributed by atoms with Gasteiger partial charge in [0, 0.05) is 18.8 Å². The molecular weight excluding hydrogens is 260 g/mol. The van der Waals surface area contributed by atoms with Crippen LogP contribution in [-0.2, 0) is 11.2 Å². The van der Waals surface area contributed by atoms with Crippen molar-refractivity contribution in [1.29, 1.82) is 0 Å². The van der Waals surface area contributed by atoms with E-state index in [1.807, 2.05) is 7.05 Å². The lowest BCUT2D eigenvalue weighted by Gasteiger charge is -2.33. The van der Waals surface area contributed by atoms with Crippen molar-refractivity contribution in [2.45, 2.75) is 45.1 Å². The van der Waals surface area contributed by atoms with Gasteiger partial charge in [0.15, 0.2) is 0 Å². The van der Waals surface area contributed by atoms with E-state index in [2.05, 4.69) is 37.5 Å². The summed E-state index contributed by atoms with van der Waals surface area (Å²) >= 11 is 0. The monoisotopic (exact) mass is 286 g/mol. The van der Waals surface area contributed by atoms with Crippen LogP contribution >= 0.6 is 0 Å². The molecule has 0 aromatic heterocycles. The Morgan fingerprint density at radius 3 is 2.62 bits per heavy atom. The van der Waals surface area contributed by atoms with E-state index in [0.717, 1.165) is 17.5 Å². The lowest BCUT2D eigenvalue weighted by Crippen LogP contribution is -2.28. The first-order valence-corrected chi connectivity index (χ1v) is 8.16. The molecule has 1 aromatic carbocycles. The normalized spacial score (nSPS) is 26.8. The van der Waals surface area contributed by atoms with Crippen LogP contribution in [0.4, 0.5) is 5.69 Å². The average Bonchev–Trinajstić information content (AvgIpc) is 2.77. The number of anilines is 1. The summed E-state index contributed by atoms with van der Waals surface area (Å²) < 4.78 is 0. The second kappa shape index (κ2) is 5.80. The van der Waals surface area contributed by atoms with Gasteiger partial charge in [0.2, 0.25) is 5.91 Å². The van der Waals surface area contributed by atoms with Gasteiger partial charge in [-0.3, -0.25) is 4.79 Å². The van der Waals surface area contributed by atoms with Gasteiger partial charge in [-0.25, -0.2) is 0 Å². The van der Waals surface area contributed by atoms with Crippen LogP contribution in [0.2, 0.25) is 0 Å². The lowest BCUT2D eigenvalue weighted by atomic mass is 9.77. The van der Waals surface area contributed by atoms with Gasteiger partial charge >= 0.3 is 0 Å². The number of nitrogens with one attached hydrogen (secondary N) is 1. The molecule has 114 valence electrons. The highest BCUT2D eigenvalue weighted by Crippen LogP contribution is 2.38. The minimum atomic E-state index is 0.203. The molecule has 1 unspecified atom stereocenters. The molecule has 0 bridgehead atoms. The Morgan fingerprint density at radius 1 is 1.24 bits per heavy atom. The van der Waals surface area contributed by atoms with Gasteiger partial charge in [0.05, 0.1) is 6.42 Å². The number of hydrogen-bond donors (Lipinski definition) is 1. The van der Waals surface area contributed by atoms with Crippen molar-refractivity contribution in [2.24, 2.45) is 11.8 Å². The molecule has 21 heavy (non-hydrogen) atoms. The fraction of sp³-hybridized carbons (Fsp3) is 0.611. The molecule has 1 aliphatic heterocycles. The summed E-state index contributed by atoms with van der Waals surface area (Å²) in [6.07, 6.45) is 5.85. The molecule has 1 N–H and O–H groups in total. The third-order valence-corrected chi connectivity index (χ3v) is 5.38. The molecule has 0 radical (unpaired) electrons. The fourth-order valence-electron chi connectivity index (χ4n) is 3.98. The Kier molecular flexibility index (Phi) is 4.03. The van der Waals surface area contributed by atoms with Crippen molar-refractivity contribution in [3.8, 4) is 0 Å². The Hall–Kier alpha value is -1.35. The molecule has 3 nitrogen and oxygen atoms in total. The van der Waals surface area contributed by atoms with Crippen LogP contribution in [-0.4, -0.2) is 20.0 Å². The molecule has 0 spiro atoms. The first kappa shape index (κ1) is 14.6. The second-order valence-corrected chi connectivity index (χ2v) is 6.80. The van der Waals surface area contributed by atoms with E-state index in [-0.39, 0.29) is 5.91 Å². The van der Waals surface area contributed by atoms with Gasteiger partial charge < -0.3 is 10.2 Å². The molecule has 1 fully saturated rings. The van der Waals surface area contributed by atoms with E-state index in [0.29, 0.717) is 12.5 Å². The zero-order valence-corrected chi connectivity index (χ0v) is 13.4. The van der Waals surface area contributed by atoms with Crippen molar-refractivity contribution in [2.75, 3.05) is 19.0 Å². The molecule has 1 saturated carbocycles. The van der Waals surface area contributed by atoms with Gasteiger partial charge in [-0.1, -0.05) is 31.9 Å². The largest absolute Gasteiger partial charge is 0.315 e. The molecule has 1 heterocycles. The van der Waals surface area contributed by atoms with Crippen molar-refractivity contribution in [3.05, 3.63) is 29.3 Å². The zero-order valence-electron chi connectivity index (χ0n) is 13.4. The number of hydrogen-bond acceptors (Lipinski definition) is 2. The highest BCUT2D eigenvalue weighted by atomic mass is 16.2. The predicted octanol–water partition coefficient (Wildman–Crippen LogP) is 3.29. The Labute approximate surface area is 127 Å². The Morgan fingerprint density at radius 2 is 1.95 bits per heavy atom. The summed E-state index contributed by atoms with van der Waals surface area (Å²) in [5.74, 6) is 1.80. The minimum absolute atomic E-state index is 0.203. The summed E-state index contributed by atoms with van der Waals surface area (Å²) in [5, 5.41) is 3.52. The van der Waals surface area contributed by atoms with Gasteiger partial charge in [-0.15, -0.1) is 0 Å². The Bertz CT molecular complexity index is 532. The number of amides is 1. The van der Waals surface area contributed by atoms with Crippen molar-refractivity contribution >= 4 is 11.6 Å². The third-order valence-electron chi connectivity index (χ3n) is 5.38. The molecule has 0 saturated heterocycles. The molecule has 1 amide bonds. The topological polar surface area (TPSA) is 32.3 Å². The van der Waals surface area contributed by atoms with Crippen LogP contribution in [0.15, 0.2) is 18.2 Å². The van der Waals surface area contributed by atoms with Gasteiger partial charge in [-0.05, 0) is 48.9 Å². The first-order chi connectivity index (χ1) is 10.1. The third kappa shape index (κ3) is 2.71. The van der Waals surface area contributed by atoms with Crippen molar-refractivity contribution < 1.29 is 4.79 Å². The summed E-state index contributed by atoms with van der Waals surface area (Å²) in [6.45, 7) is 2.36. The van der Waals surface area contributed by atoms with Crippen molar-refractivity contribution in [1.82, 2.24) is 5.32 Å². The van der Waals surface area contributed by atoms with Crippen LogP contribution in [0, 0.1) is 11.8 Å². The molecule has 2 aliphatic rings. The predicted molar refractivity (Wildman–Crippen MR) is 86.5 cm³/mol. The number of carbonyl (C=O) groups is 1. The number of likely N-dealkylation sites (N-methyl/N-ethyl adjacent to an activating group) is 1. The molecule has 3 heteroatoms. The van der Waals surface area contributed by atoms with Crippen molar-refractivity contribution in [3.63, 3.8) is 0 Å². The van der Waals surface area contributed by atoms with E-state index < -0.39 is 0 Å². The highest BCUT2D eigenvalue weighted by molar-refractivity contribution is 6.00. The Balaban J connectivity index is 1.82. The van der Waals surface area contributed by atoms with E-state index in [1.54, 1.807) is 4.90 Å². The van der Waals surface area contributed by atoms with E-state index in [9.17, 15) is 4.79 Å². The van der Waals surface area contributed by atoms with Gasteiger partial charge in [-0.2, -0.15) is 0 Å². The standard InChI is InChI=1S/C18H26N2O/c1-12-4-6-13(7-5-12)18(19-2)14-8-9-16-15(10-14)11-17(21)20(16)3/h8-10,12-13,18-19H,4-7,11H2,1-3H3. The number of nitrogens with zero attached hydrogens (tertiary/aromatic N) is 1. The second-order valence-electron chi connectivity index (χ2n) is 6.80. The summed E-state index contributed by atoms with van der Waals surface area (Å²) in [6, 6.07) is 6.98. The van der Waals surface area contributed by atoms with E-state index >= 15 is 0 Å². The van der Waals surface area contributed by atoms with Crippen LogP contribution in [0.5, 0.6) is 0 Å². The van der Waals surface area contributed by atoms with Crippen LogP contribution in [0.1, 0.15) is 49.8 Å². The highest BCUT2D eigenvalue weighted by Gasteiger charge is 2.29. The molecule has 1 atom stereocenters. The van der Waals surface area contributed by atoms with Crippen LogP contribution in [0.3, 0.4) is 0 Å². The number of fused-ring (bicyclic) bond motifs is 1. The van der Waals surface area contributed by atoms with E-state index in [4.69, 9.17) is 0 Å². The summed E-state index contributed by atoms with van der Waals surface area (Å²) in [7, 11) is 3.93. The molecule has 1 aliphatic carbocycles. The van der Waals surface area contributed by atoms with E-state index in [1.165, 1.54) is 36.8 Å². The summed E-state index contributed by atoms with van der Waals surface area (Å²) in [5.41, 5.74) is 3.61. The van der Waals surface area contributed by atoms with Gasteiger partial charge in [0.1, 0.15) is 0 Å². The quantitative estimate of drug-likeness (QED) is 0.924. The minimum Gasteiger partial charge on any atom is -0.315 e. The molecule has 1 aromatic rings. The molecular formula is C18H26N2O. The maximum Gasteiger partial charge on any atom is 0.231 e. The fourth-order valence-corrected chi connectivity index (χ4v) is 3.98. The first-order valence-electron chi connectivity index (χ1n) is 8.16. The maximum atomic E-state index is 11.8.